The molecule has 1 aliphatic heterocycles. The van der Waals surface area contributed by atoms with Gasteiger partial charge < -0.3 is 10.0 Å². The second-order valence-electron chi connectivity index (χ2n) is 7.44. The number of carbonyl (C=O) groups is 1. The monoisotopic (exact) mass is 359 g/mol. The molecule has 1 saturated carbocycles. The Morgan fingerprint density at radius 3 is 2.54 bits per heavy atom. The highest BCUT2D eigenvalue weighted by molar-refractivity contribution is 5.65. The quantitative estimate of drug-likeness (QED) is 0.892. The van der Waals surface area contributed by atoms with Gasteiger partial charge in [-0.3, -0.25) is 4.90 Å². The van der Waals surface area contributed by atoms with E-state index in [2.05, 4.69) is 11.0 Å². The van der Waals surface area contributed by atoms with Gasteiger partial charge in [0.15, 0.2) is 0 Å². The van der Waals surface area contributed by atoms with Crippen molar-refractivity contribution < 1.29 is 14.3 Å². The van der Waals surface area contributed by atoms with Gasteiger partial charge in [0.25, 0.3) is 0 Å². The van der Waals surface area contributed by atoms with E-state index in [9.17, 15) is 19.6 Å². The molecule has 1 aromatic carbocycles. The molecule has 0 radical (unpaired) electrons. The summed E-state index contributed by atoms with van der Waals surface area (Å²) < 4.78 is 13.2. The highest BCUT2D eigenvalue weighted by atomic mass is 19.1. The van der Waals surface area contributed by atoms with Crippen molar-refractivity contribution in [2.24, 2.45) is 0 Å². The largest absolute Gasteiger partial charge is 0.465 e. The molecule has 1 aliphatic carbocycles. The predicted octanol–water partition coefficient (Wildman–Crippen LogP) is 3.60. The maximum atomic E-state index is 13.2. The maximum absolute atomic E-state index is 13.2. The van der Waals surface area contributed by atoms with Gasteiger partial charge in [-0.15, -0.1) is 0 Å². The van der Waals surface area contributed by atoms with Crippen molar-refractivity contribution >= 4 is 6.09 Å². The zero-order valence-corrected chi connectivity index (χ0v) is 15.2. The van der Waals surface area contributed by atoms with E-state index < -0.39 is 11.5 Å². The minimum Gasteiger partial charge on any atom is -0.465 e. The Morgan fingerprint density at radius 2 is 2.00 bits per heavy atom. The van der Waals surface area contributed by atoms with Gasteiger partial charge in [0.05, 0.1) is 11.5 Å². The summed E-state index contributed by atoms with van der Waals surface area (Å²) in [7, 11) is 0. The fourth-order valence-corrected chi connectivity index (χ4v) is 4.60. The summed E-state index contributed by atoms with van der Waals surface area (Å²) in [4.78, 5) is 15.3. The molecule has 0 unspecified atom stereocenters. The molecule has 6 heteroatoms. The third-order valence-electron chi connectivity index (χ3n) is 6.16. The first-order chi connectivity index (χ1) is 12.5. The Kier molecular flexibility index (Phi) is 5.47. The fraction of sp³-hybridized carbons (Fsp3) is 0.600. The number of hydrogen-bond donors (Lipinski definition) is 1. The molecule has 1 aromatic rings. The first-order valence-corrected chi connectivity index (χ1v) is 9.40. The van der Waals surface area contributed by atoms with E-state index in [-0.39, 0.29) is 11.9 Å². The number of likely N-dealkylation sites (tertiary alicyclic amines) is 1. The van der Waals surface area contributed by atoms with Crippen molar-refractivity contribution in [3.63, 3.8) is 0 Å². The molecule has 0 aromatic heterocycles. The van der Waals surface area contributed by atoms with Gasteiger partial charge in [-0.2, -0.15) is 5.26 Å². The van der Waals surface area contributed by atoms with Gasteiger partial charge in [0.2, 0.25) is 0 Å². The average Bonchev–Trinajstić information content (AvgIpc) is 3.12. The van der Waals surface area contributed by atoms with E-state index in [1.165, 1.54) is 17.0 Å². The highest BCUT2D eigenvalue weighted by Gasteiger charge is 2.41. The lowest BCUT2D eigenvalue weighted by Gasteiger charge is -2.39. The summed E-state index contributed by atoms with van der Waals surface area (Å²) in [5.74, 6) is -0.280. The molecule has 1 atom stereocenters. The predicted molar refractivity (Wildman–Crippen MR) is 96.3 cm³/mol. The standard InChI is InChI=1S/C20H26FN3O2/c1-2-24(19(25)26)18-9-12-23(13-18)17-7-10-20(14-22,11-8-17)15-3-5-16(21)6-4-15/h3-6,17-18H,2,7-13H2,1H3,(H,25,26)/t17?,18-,20?/m1/s1. The van der Waals surface area contributed by atoms with Gasteiger partial charge in [-0.1, -0.05) is 12.1 Å². The van der Waals surface area contributed by atoms with Crippen LogP contribution < -0.4 is 0 Å². The molecule has 3 rings (SSSR count). The number of rotatable bonds is 4. The van der Waals surface area contributed by atoms with E-state index in [0.29, 0.717) is 12.6 Å². The van der Waals surface area contributed by atoms with Crippen LogP contribution in [0.25, 0.3) is 0 Å². The SMILES string of the molecule is CCN(C(=O)O)[C@@H]1CCN(C2CCC(C#N)(c3ccc(F)cc3)CC2)C1. The number of nitrogens with zero attached hydrogens (tertiary/aromatic N) is 3. The molecule has 0 bridgehead atoms. The molecule has 1 heterocycles. The molecular weight excluding hydrogens is 333 g/mol. The summed E-state index contributed by atoms with van der Waals surface area (Å²) in [5.41, 5.74) is 0.377. The van der Waals surface area contributed by atoms with Crippen LogP contribution in [0.15, 0.2) is 24.3 Å². The lowest BCUT2D eigenvalue weighted by molar-refractivity contribution is 0.118. The lowest BCUT2D eigenvalue weighted by atomic mass is 9.69. The highest BCUT2D eigenvalue weighted by Crippen LogP contribution is 2.41. The summed E-state index contributed by atoms with van der Waals surface area (Å²) in [6.45, 7) is 4.08. The van der Waals surface area contributed by atoms with E-state index in [1.807, 2.05) is 6.92 Å². The van der Waals surface area contributed by atoms with Gasteiger partial charge in [-0.05, 0) is 56.7 Å². The second kappa shape index (κ2) is 7.63. The van der Waals surface area contributed by atoms with Crippen LogP contribution in [-0.2, 0) is 5.41 Å². The third kappa shape index (κ3) is 3.54. The summed E-state index contributed by atoms with van der Waals surface area (Å²) in [5, 5.41) is 19.1. The van der Waals surface area contributed by atoms with Crippen LogP contribution in [-0.4, -0.2) is 52.7 Å². The zero-order chi connectivity index (χ0) is 18.7. The Morgan fingerprint density at radius 1 is 1.35 bits per heavy atom. The van der Waals surface area contributed by atoms with Crippen LogP contribution in [0.2, 0.25) is 0 Å². The molecule has 5 nitrogen and oxygen atoms in total. The molecule has 1 N–H and O–H groups in total. The van der Waals surface area contributed by atoms with Crippen molar-refractivity contribution in [3.8, 4) is 6.07 Å². The Balaban J connectivity index is 1.62. The number of nitriles is 1. The van der Waals surface area contributed by atoms with Crippen molar-refractivity contribution in [1.29, 1.82) is 5.26 Å². The van der Waals surface area contributed by atoms with Crippen LogP contribution in [0.5, 0.6) is 0 Å². The molecule has 1 saturated heterocycles. The number of likely N-dealkylation sites (N-methyl/N-ethyl adjacent to an activating group) is 1. The normalized spacial score (nSPS) is 29.3. The molecule has 2 fully saturated rings. The molecule has 1 amide bonds. The molecule has 140 valence electrons. The number of halogens is 1. The topological polar surface area (TPSA) is 67.6 Å². The molecule has 0 spiro atoms. The van der Waals surface area contributed by atoms with E-state index in [4.69, 9.17) is 0 Å². The van der Waals surface area contributed by atoms with Crippen LogP contribution in [0.3, 0.4) is 0 Å². The van der Waals surface area contributed by atoms with Gasteiger partial charge in [0.1, 0.15) is 5.82 Å². The van der Waals surface area contributed by atoms with Crippen molar-refractivity contribution in [2.75, 3.05) is 19.6 Å². The number of benzene rings is 1. The van der Waals surface area contributed by atoms with Gasteiger partial charge >= 0.3 is 6.09 Å². The average molecular weight is 359 g/mol. The van der Waals surface area contributed by atoms with E-state index in [0.717, 1.165) is 50.8 Å². The van der Waals surface area contributed by atoms with E-state index in [1.54, 1.807) is 12.1 Å². The van der Waals surface area contributed by atoms with E-state index >= 15 is 0 Å². The van der Waals surface area contributed by atoms with Crippen LogP contribution in [0.1, 0.15) is 44.6 Å². The van der Waals surface area contributed by atoms with Crippen molar-refractivity contribution in [2.45, 2.75) is 56.5 Å². The number of amides is 1. The van der Waals surface area contributed by atoms with Crippen molar-refractivity contribution in [1.82, 2.24) is 9.80 Å². The second-order valence-corrected chi connectivity index (χ2v) is 7.44. The molecular formula is C20H26FN3O2. The van der Waals surface area contributed by atoms with Crippen molar-refractivity contribution in [3.05, 3.63) is 35.6 Å². The summed E-state index contributed by atoms with van der Waals surface area (Å²) >= 11 is 0. The molecule has 26 heavy (non-hydrogen) atoms. The first-order valence-electron chi connectivity index (χ1n) is 9.40. The number of carboxylic acid groups (broad SMARTS) is 1. The zero-order valence-electron chi connectivity index (χ0n) is 15.2. The lowest BCUT2D eigenvalue weighted by Crippen LogP contribution is -2.44. The molecule has 2 aliphatic rings. The third-order valence-corrected chi connectivity index (χ3v) is 6.16. The van der Waals surface area contributed by atoms with Crippen LogP contribution >= 0.6 is 0 Å². The van der Waals surface area contributed by atoms with Crippen LogP contribution in [0.4, 0.5) is 9.18 Å². The number of hydrogen-bond acceptors (Lipinski definition) is 3. The summed E-state index contributed by atoms with van der Waals surface area (Å²) in [6.07, 6.45) is 3.38. The van der Waals surface area contributed by atoms with Crippen LogP contribution in [0, 0.1) is 17.1 Å². The fourth-order valence-electron chi connectivity index (χ4n) is 4.60. The first kappa shape index (κ1) is 18.7. The smallest absolute Gasteiger partial charge is 0.407 e. The minimum absolute atomic E-state index is 0.0669. The summed E-state index contributed by atoms with van der Waals surface area (Å²) in [6, 6.07) is 9.27. The Hall–Kier alpha value is -2.13. The van der Waals surface area contributed by atoms with Gasteiger partial charge in [0, 0.05) is 31.7 Å². The van der Waals surface area contributed by atoms with Gasteiger partial charge in [-0.25, -0.2) is 9.18 Å². The Labute approximate surface area is 154 Å². The maximum Gasteiger partial charge on any atom is 0.407 e. The minimum atomic E-state index is -0.845. The Bertz CT molecular complexity index is 677.